The molecule has 1 atom stereocenters. The molecule has 37 heavy (non-hydrogen) atoms. The lowest BCUT2D eigenvalue weighted by atomic mass is 9.90. The molecule has 3 heteroatoms. The Labute approximate surface area is 223 Å². The second-order valence-corrected chi connectivity index (χ2v) is 10.3. The van der Waals surface area contributed by atoms with E-state index in [9.17, 15) is 0 Å². The van der Waals surface area contributed by atoms with Crippen LogP contribution in [-0.2, 0) is 6.42 Å². The van der Waals surface area contributed by atoms with Gasteiger partial charge in [-0.15, -0.1) is 0 Å². The number of anilines is 1. The molecule has 0 saturated carbocycles. The van der Waals surface area contributed by atoms with Crippen molar-refractivity contribution in [3.63, 3.8) is 0 Å². The summed E-state index contributed by atoms with van der Waals surface area (Å²) in [6, 6.07) is 26.9. The van der Waals surface area contributed by atoms with E-state index in [-0.39, 0.29) is 0 Å². The van der Waals surface area contributed by atoms with E-state index in [0.717, 1.165) is 18.8 Å². The molecule has 1 unspecified atom stereocenters. The smallest absolute Gasteiger partial charge is 0.140 e. The standard InChI is InChI=1S/C34H43N3/c1-4-6-7-8-9-10-13-29-20-21-32(33-15-12-11-14-31(29)33)30-18-16-28(17-19-30)27(5-2)25-36-37-34-24-26(3)22-23-35-34/h11-12,14-24,27,36H,4-10,13,25H2,1-3H3,(H,35,37). The van der Waals surface area contributed by atoms with Crippen molar-refractivity contribution in [3.05, 3.63) is 95.7 Å². The Hall–Kier alpha value is -3.17. The zero-order valence-corrected chi connectivity index (χ0v) is 22.9. The maximum absolute atomic E-state index is 4.37. The van der Waals surface area contributed by atoms with Gasteiger partial charge < -0.3 is 5.43 Å². The molecule has 3 nitrogen and oxygen atoms in total. The van der Waals surface area contributed by atoms with Crippen LogP contribution in [-0.4, -0.2) is 11.5 Å². The van der Waals surface area contributed by atoms with Crippen LogP contribution in [0.25, 0.3) is 21.9 Å². The largest absolute Gasteiger partial charge is 0.306 e. The van der Waals surface area contributed by atoms with Gasteiger partial charge in [0.05, 0.1) is 0 Å². The fourth-order valence-corrected chi connectivity index (χ4v) is 5.23. The molecule has 3 aromatic carbocycles. The Morgan fingerprint density at radius 3 is 2.30 bits per heavy atom. The monoisotopic (exact) mass is 493 g/mol. The number of fused-ring (bicyclic) bond motifs is 1. The number of hydrogen-bond donors (Lipinski definition) is 2. The summed E-state index contributed by atoms with van der Waals surface area (Å²) >= 11 is 0. The van der Waals surface area contributed by atoms with Crippen LogP contribution in [0.1, 0.15) is 81.4 Å². The summed E-state index contributed by atoms with van der Waals surface area (Å²) in [6.45, 7) is 7.46. The zero-order chi connectivity index (χ0) is 25.9. The van der Waals surface area contributed by atoms with Crippen molar-refractivity contribution in [2.24, 2.45) is 0 Å². The topological polar surface area (TPSA) is 37.0 Å². The first-order chi connectivity index (χ1) is 18.2. The Morgan fingerprint density at radius 1 is 0.784 bits per heavy atom. The predicted octanol–water partition coefficient (Wildman–Crippen LogP) is 9.22. The first-order valence-electron chi connectivity index (χ1n) is 14.2. The second-order valence-electron chi connectivity index (χ2n) is 10.3. The van der Waals surface area contributed by atoms with Crippen LogP contribution in [0, 0.1) is 6.92 Å². The van der Waals surface area contributed by atoms with Gasteiger partial charge in [-0.2, -0.15) is 0 Å². The van der Waals surface area contributed by atoms with Crippen LogP contribution in [0.15, 0.2) is 79.0 Å². The summed E-state index contributed by atoms with van der Waals surface area (Å²) < 4.78 is 0. The van der Waals surface area contributed by atoms with Crippen molar-refractivity contribution >= 4 is 16.6 Å². The summed E-state index contributed by atoms with van der Waals surface area (Å²) in [4.78, 5) is 4.37. The molecule has 0 saturated heterocycles. The third-order valence-electron chi connectivity index (χ3n) is 7.48. The highest BCUT2D eigenvalue weighted by atomic mass is 15.4. The molecule has 0 aliphatic heterocycles. The fraction of sp³-hybridized carbons (Fsp3) is 0.382. The summed E-state index contributed by atoms with van der Waals surface area (Å²) in [6.07, 6.45) is 12.1. The number of rotatable bonds is 14. The van der Waals surface area contributed by atoms with Crippen molar-refractivity contribution in [1.29, 1.82) is 0 Å². The number of nitrogens with one attached hydrogen (secondary N) is 2. The Bertz CT molecular complexity index is 1250. The highest BCUT2D eigenvalue weighted by molar-refractivity contribution is 5.98. The molecular formula is C34H43N3. The molecular weight excluding hydrogens is 450 g/mol. The van der Waals surface area contributed by atoms with Gasteiger partial charge in [-0.1, -0.05) is 107 Å². The molecule has 0 radical (unpaired) electrons. The average Bonchev–Trinajstić information content (AvgIpc) is 2.93. The van der Waals surface area contributed by atoms with Crippen molar-refractivity contribution in [3.8, 4) is 11.1 Å². The minimum atomic E-state index is 0.433. The zero-order valence-electron chi connectivity index (χ0n) is 22.9. The molecule has 1 aromatic heterocycles. The first-order valence-corrected chi connectivity index (χ1v) is 14.2. The number of hydrazine groups is 1. The molecule has 194 valence electrons. The molecule has 0 aliphatic rings. The molecule has 2 N–H and O–H groups in total. The predicted molar refractivity (Wildman–Crippen MR) is 160 cm³/mol. The number of hydrogen-bond acceptors (Lipinski definition) is 3. The molecule has 0 fully saturated rings. The van der Waals surface area contributed by atoms with Crippen molar-refractivity contribution in [1.82, 2.24) is 10.4 Å². The lowest BCUT2D eigenvalue weighted by molar-refractivity contribution is 0.607. The maximum Gasteiger partial charge on any atom is 0.140 e. The third-order valence-corrected chi connectivity index (χ3v) is 7.48. The average molecular weight is 494 g/mol. The second kappa shape index (κ2) is 13.9. The Kier molecular flexibility index (Phi) is 10.1. The lowest BCUT2D eigenvalue weighted by Crippen LogP contribution is -2.27. The Morgan fingerprint density at radius 2 is 1.54 bits per heavy atom. The normalized spacial score (nSPS) is 12.1. The van der Waals surface area contributed by atoms with Crippen molar-refractivity contribution in [2.75, 3.05) is 12.0 Å². The SMILES string of the molecule is CCCCCCCCc1ccc(-c2ccc(C(CC)CNNc3cc(C)ccn3)cc2)c2ccccc12. The summed E-state index contributed by atoms with van der Waals surface area (Å²) in [7, 11) is 0. The van der Waals surface area contributed by atoms with Crippen LogP contribution >= 0.6 is 0 Å². The molecule has 0 spiro atoms. The van der Waals surface area contributed by atoms with Crippen LogP contribution < -0.4 is 10.9 Å². The first kappa shape index (κ1) is 26.9. The van der Waals surface area contributed by atoms with Gasteiger partial charge in [0.2, 0.25) is 0 Å². The molecule has 0 bridgehead atoms. The van der Waals surface area contributed by atoms with E-state index in [4.69, 9.17) is 0 Å². The van der Waals surface area contributed by atoms with Crippen LogP contribution in [0.5, 0.6) is 0 Å². The number of pyridine rings is 1. The van der Waals surface area contributed by atoms with Gasteiger partial charge in [-0.3, -0.25) is 0 Å². The highest BCUT2D eigenvalue weighted by Gasteiger charge is 2.12. The number of unbranched alkanes of at least 4 members (excludes halogenated alkanes) is 5. The number of benzene rings is 3. The number of nitrogens with zero attached hydrogens (tertiary/aromatic N) is 1. The minimum Gasteiger partial charge on any atom is -0.306 e. The van der Waals surface area contributed by atoms with Crippen molar-refractivity contribution in [2.45, 2.75) is 78.1 Å². The number of aromatic nitrogens is 1. The van der Waals surface area contributed by atoms with Gasteiger partial charge in [0.1, 0.15) is 5.82 Å². The van der Waals surface area contributed by atoms with Crippen molar-refractivity contribution < 1.29 is 0 Å². The fourth-order valence-electron chi connectivity index (χ4n) is 5.23. The van der Waals surface area contributed by atoms with E-state index in [0.29, 0.717) is 5.92 Å². The molecule has 4 rings (SSSR count). The van der Waals surface area contributed by atoms with E-state index < -0.39 is 0 Å². The Balaban J connectivity index is 1.42. The van der Waals surface area contributed by atoms with Gasteiger partial charge >= 0.3 is 0 Å². The van der Waals surface area contributed by atoms with Gasteiger partial charge in [0, 0.05) is 12.7 Å². The van der Waals surface area contributed by atoms with E-state index in [2.05, 4.69) is 97.3 Å². The lowest BCUT2D eigenvalue weighted by Gasteiger charge is -2.18. The molecule has 0 aliphatic carbocycles. The van der Waals surface area contributed by atoms with Gasteiger partial charge in [0.15, 0.2) is 0 Å². The molecule has 1 heterocycles. The van der Waals surface area contributed by atoms with E-state index in [1.807, 2.05) is 18.3 Å². The van der Waals surface area contributed by atoms with Crippen LogP contribution in [0.2, 0.25) is 0 Å². The van der Waals surface area contributed by atoms with Gasteiger partial charge in [-0.25, -0.2) is 10.4 Å². The molecule has 0 amide bonds. The third kappa shape index (κ3) is 7.42. The molecule has 4 aromatic rings. The quantitative estimate of drug-likeness (QED) is 0.136. The summed E-state index contributed by atoms with van der Waals surface area (Å²) in [5, 5.41) is 2.77. The van der Waals surface area contributed by atoms with Gasteiger partial charge in [-0.05, 0) is 82.8 Å². The van der Waals surface area contributed by atoms with E-state index in [1.54, 1.807) is 0 Å². The van der Waals surface area contributed by atoms with Gasteiger partial charge in [0.25, 0.3) is 0 Å². The summed E-state index contributed by atoms with van der Waals surface area (Å²) in [5.74, 6) is 1.29. The van der Waals surface area contributed by atoms with Crippen LogP contribution in [0.4, 0.5) is 5.82 Å². The van der Waals surface area contributed by atoms with E-state index >= 15 is 0 Å². The van der Waals surface area contributed by atoms with E-state index in [1.165, 1.54) is 83.5 Å². The maximum atomic E-state index is 4.37. The van der Waals surface area contributed by atoms with Crippen LogP contribution in [0.3, 0.4) is 0 Å². The highest BCUT2D eigenvalue weighted by Crippen LogP contribution is 2.33. The minimum absolute atomic E-state index is 0.433. The summed E-state index contributed by atoms with van der Waals surface area (Å²) in [5.41, 5.74) is 13.3. The number of aryl methyl sites for hydroxylation is 2.